The molecule has 0 spiro atoms. The van der Waals surface area contributed by atoms with Gasteiger partial charge >= 0.3 is 0 Å². The molecule has 0 amide bonds. The van der Waals surface area contributed by atoms with Crippen molar-refractivity contribution in [3.05, 3.63) is 23.8 Å². The van der Waals surface area contributed by atoms with Gasteiger partial charge in [0, 0.05) is 18.1 Å². The molecular weight excluding hydrogens is 228 g/mol. The van der Waals surface area contributed by atoms with Gasteiger partial charge in [-0.05, 0) is 32.4 Å². The zero-order valence-electron chi connectivity index (χ0n) is 11.4. The second-order valence-corrected chi connectivity index (χ2v) is 5.48. The van der Waals surface area contributed by atoms with Crippen LogP contribution >= 0.6 is 0 Å². The van der Waals surface area contributed by atoms with E-state index in [1.807, 2.05) is 32.0 Å². The lowest BCUT2D eigenvalue weighted by Gasteiger charge is -2.35. The molecule has 1 aromatic rings. The first-order valence-corrected chi connectivity index (χ1v) is 6.65. The normalized spacial score (nSPS) is 21.0. The maximum Gasteiger partial charge on any atom is 0.129 e. The summed E-state index contributed by atoms with van der Waals surface area (Å²) in [5.74, 6) is 1.56. The van der Waals surface area contributed by atoms with Crippen LogP contribution in [-0.2, 0) is 0 Å². The fourth-order valence-corrected chi connectivity index (χ4v) is 2.22. The average Bonchev–Trinajstić information content (AvgIpc) is 2.27. The topological polar surface area (TPSA) is 38.7 Å². The molecule has 0 fully saturated rings. The third kappa shape index (κ3) is 2.96. The molecule has 1 aromatic carbocycles. The second kappa shape index (κ2) is 5.19. The van der Waals surface area contributed by atoms with Crippen LogP contribution in [0.25, 0.3) is 0 Å². The molecule has 1 N–H and O–H groups in total. The van der Waals surface area contributed by atoms with Crippen LogP contribution in [0.5, 0.6) is 11.5 Å². The minimum atomic E-state index is -0.451. The van der Waals surface area contributed by atoms with Crippen LogP contribution in [0, 0.1) is 0 Å². The van der Waals surface area contributed by atoms with Gasteiger partial charge in [0.2, 0.25) is 0 Å². The molecule has 0 saturated carbocycles. The number of benzene rings is 1. The van der Waals surface area contributed by atoms with Crippen molar-refractivity contribution in [1.29, 1.82) is 0 Å². The lowest BCUT2D eigenvalue weighted by molar-refractivity contribution is 0.0113. The van der Waals surface area contributed by atoms with Crippen molar-refractivity contribution in [1.82, 2.24) is 0 Å². The number of hydrogen-bond donors (Lipinski definition) is 1. The number of fused-ring (bicyclic) bond motifs is 1. The largest absolute Gasteiger partial charge is 0.493 e. The van der Waals surface area contributed by atoms with Crippen molar-refractivity contribution in [2.24, 2.45) is 0 Å². The Hall–Kier alpha value is -1.22. The molecule has 2 rings (SSSR count). The van der Waals surface area contributed by atoms with Crippen LogP contribution in [0.2, 0.25) is 0 Å². The first-order valence-electron chi connectivity index (χ1n) is 6.65. The van der Waals surface area contributed by atoms with Gasteiger partial charge in [-0.1, -0.05) is 13.3 Å². The number of aliphatic hydroxyl groups is 1. The zero-order valence-corrected chi connectivity index (χ0v) is 11.4. The van der Waals surface area contributed by atoms with Crippen molar-refractivity contribution < 1.29 is 14.6 Å². The van der Waals surface area contributed by atoms with E-state index in [0.29, 0.717) is 6.42 Å². The van der Waals surface area contributed by atoms with E-state index in [0.717, 1.165) is 36.5 Å². The fourth-order valence-electron chi connectivity index (χ4n) is 2.22. The van der Waals surface area contributed by atoms with Gasteiger partial charge < -0.3 is 14.6 Å². The highest BCUT2D eigenvalue weighted by atomic mass is 16.5. The Morgan fingerprint density at radius 1 is 1.44 bits per heavy atom. The monoisotopic (exact) mass is 250 g/mol. The standard InChI is InChI=1S/C15H22O3/c1-4-5-8-17-11-6-7-12-13(16)10-15(2,3)18-14(12)9-11/h6-7,9,13,16H,4-5,8,10H2,1-3H3. The van der Waals surface area contributed by atoms with E-state index >= 15 is 0 Å². The second-order valence-electron chi connectivity index (χ2n) is 5.48. The van der Waals surface area contributed by atoms with Crippen LogP contribution in [-0.4, -0.2) is 17.3 Å². The lowest BCUT2D eigenvalue weighted by atomic mass is 9.92. The van der Waals surface area contributed by atoms with Gasteiger partial charge in [0.15, 0.2) is 0 Å². The summed E-state index contributed by atoms with van der Waals surface area (Å²) in [4.78, 5) is 0. The number of aliphatic hydroxyl groups excluding tert-OH is 1. The van der Waals surface area contributed by atoms with E-state index in [1.54, 1.807) is 0 Å². The van der Waals surface area contributed by atoms with Crippen LogP contribution in [0.3, 0.4) is 0 Å². The molecule has 0 saturated heterocycles. The molecule has 3 heteroatoms. The Morgan fingerprint density at radius 3 is 2.94 bits per heavy atom. The predicted molar refractivity (Wildman–Crippen MR) is 71.1 cm³/mol. The fraction of sp³-hybridized carbons (Fsp3) is 0.600. The van der Waals surface area contributed by atoms with Crippen molar-refractivity contribution in [2.75, 3.05) is 6.61 Å². The molecular formula is C15H22O3. The minimum Gasteiger partial charge on any atom is -0.493 e. The molecule has 0 radical (unpaired) electrons. The summed E-state index contributed by atoms with van der Waals surface area (Å²) in [6, 6.07) is 5.69. The maximum atomic E-state index is 10.1. The number of rotatable bonds is 4. The van der Waals surface area contributed by atoms with Gasteiger partial charge in [-0.15, -0.1) is 0 Å². The van der Waals surface area contributed by atoms with Crippen LogP contribution in [0.15, 0.2) is 18.2 Å². The SMILES string of the molecule is CCCCOc1ccc2c(c1)OC(C)(C)CC2O. The Bertz CT molecular complexity index is 412. The summed E-state index contributed by atoms with van der Waals surface area (Å²) in [7, 11) is 0. The quantitative estimate of drug-likeness (QED) is 0.832. The van der Waals surface area contributed by atoms with E-state index in [-0.39, 0.29) is 5.60 Å². The molecule has 0 bridgehead atoms. The van der Waals surface area contributed by atoms with Gasteiger partial charge in [0.25, 0.3) is 0 Å². The first-order chi connectivity index (χ1) is 8.52. The van der Waals surface area contributed by atoms with Gasteiger partial charge in [-0.25, -0.2) is 0 Å². The summed E-state index contributed by atoms with van der Waals surface area (Å²) in [6.45, 7) is 6.84. The molecule has 100 valence electrons. The van der Waals surface area contributed by atoms with Gasteiger partial charge in [-0.3, -0.25) is 0 Å². The Kier molecular flexibility index (Phi) is 3.81. The highest BCUT2D eigenvalue weighted by molar-refractivity contribution is 5.43. The average molecular weight is 250 g/mol. The highest BCUT2D eigenvalue weighted by Gasteiger charge is 2.32. The summed E-state index contributed by atoms with van der Waals surface area (Å²) >= 11 is 0. The summed E-state index contributed by atoms with van der Waals surface area (Å²) in [5, 5.41) is 10.1. The molecule has 1 unspecified atom stereocenters. The smallest absolute Gasteiger partial charge is 0.129 e. The number of ether oxygens (including phenoxy) is 2. The van der Waals surface area contributed by atoms with E-state index in [4.69, 9.17) is 9.47 Å². The highest BCUT2D eigenvalue weighted by Crippen LogP contribution is 2.40. The first kappa shape index (κ1) is 13.2. The molecule has 1 heterocycles. The molecule has 1 aliphatic rings. The summed E-state index contributed by atoms with van der Waals surface area (Å²) in [6.07, 6.45) is 2.34. The third-order valence-electron chi connectivity index (χ3n) is 3.18. The van der Waals surface area contributed by atoms with Crippen molar-refractivity contribution in [3.8, 4) is 11.5 Å². The number of unbranched alkanes of at least 4 members (excludes halogenated alkanes) is 1. The molecule has 0 aromatic heterocycles. The molecule has 1 atom stereocenters. The number of hydrogen-bond acceptors (Lipinski definition) is 3. The molecule has 3 nitrogen and oxygen atoms in total. The van der Waals surface area contributed by atoms with E-state index in [2.05, 4.69) is 6.92 Å². The lowest BCUT2D eigenvalue weighted by Crippen LogP contribution is -2.34. The van der Waals surface area contributed by atoms with Gasteiger partial charge in [0.1, 0.15) is 17.1 Å². The Morgan fingerprint density at radius 2 is 2.22 bits per heavy atom. The summed E-state index contributed by atoms with van der Waals surface area (Å²) < 4.78 is 11.6. The molecule has 1 aliphatic heterocycles. The van der Waals surface area contributed by atoms with E-state index in [9.17, 15) is 5.11 Å². The zero-order chi connectivity index (χ0) is 13.2. The Balaban J connectivity index is 2.15. The Labute approximate surface area is 109 Å². The van der Waals surface area contributed by atoms with Gasteiger partial charge in [-0.2, -0.15) is 0 Å². The van der Waals surface area contributed by atoms with Crippen LogP contribution in [0.4, 0.5) is 0 Å². The molecule has 0 aliphatic carbocycles. The summed E-state index contributed by atoms with van der Waals surface area (Å²) in [5.41, 5.74) is 0.534. The van der Waals surface area contributed by atoms with Crippen molar-refractivity contribution in [2.45, 2.75) is 51.7 Å². The van der Waals surface area contributed by atoms with E-state index in [1.165, 1.54) is 0 Å². The molecule has 18 heavy (non-hydrogen) atoms. The van der Waals surface area contributed by atoms with Gasteiger partial charge in [0.05, 0.1) is 12.7 Å². The minimum absolute atomic E-state index is 0.325. The maximum absolute atomic E-state index is 10.1. The van der Waals surface area contributed by atoms with E-state index < -0.39 is 6.10 Å². The van der Waals surface area contributed by atoms with Crippen LogP contribution < -0.4 is 9.47 Å². The van der Waals surface area contributed by atoms with Crippen LogP contribution in [0.1, 0.15) is 51.7 Å². The van der Waals surface area contributed by atoms with Crippen molar-refractivity contribution in [3.63, 3.8) is 0 Å². The van der Waals surface area contributed by atoms with Crippen molar-refractivity contribution >= 4 is 0 Å². The predicted octanol–water partition coefficient (Wildman–Crippen LogP) is 3.46. The third-order valence-corrected chi connectivity index (χ3v) is 3.18.